The maximum Gasteiger partial charge on any atom is 0.254 e. The summed E-state index contributed by atoms with van der Waals surface area (Å²) >= 11 is 1.49. The number of carbonyl (C=O) groups is 1. The molecule has 2 aromatic heterocycles. The zero-order chi connectivity index (χ0) is 19.5. The van der Waals surface area contributed by atoms with Crippen molar-refractivity contribution in [2.45, 2.75) is 24.5 Å². The lowest BCUT2D eigenvalue weighted by Crippen LogP contribution is -2.28. The number of halogens is 1. The Morgan fingerprint density at radius 2 is 2.04 bits per heavy atom. The van der Waals surface area contributed by atoms with Gasteiger partial charge < -0.3 is 10.2 Å². The van der Waals surface area contributed by atoms with Gasteiger partial charge in [0.05, 0.1) is 23.7 Å². The molecule has 1 aliphatic heterocycles. The zero-order valence-corrected chi connectivity index (χ0v) is 16.4. The van der Waals surface area contributed by atoms with E-state index in [2.05, 4.69) is 25.3 Å². The quantitative estimate of drug-likeness (QED) is 0.507. The molecule has 7 nitrogen and oxygen atoms in total. The maximum atomic E-state index is 13.7. The van der Waals surface area contributed by atoms with Crippen molar-refractivity contribution in [3.05, 3.63) is 41.8 Å². The van der Waals surface area contributed by atoms with Crippen LogP contribution in [0.15, 0.2) is 35.6 Å². The smallest absolute Gasteiger partial charge is 0.254 e. The van der Waals surface area contributed by atoms with E-state index in [1.165, 1.54) is 23.9 Å². The van der Waals surface area contributed by atoms with E-state index >= 15 is 0 Å². The van der Waals surface area contributed by atoms with E-state index < -0.39 is 11.7 Å². The largest absolute Gasteiger partial charge is 0.356 e. The van der Waals surface area contributed by atoms with E-state index in [9.17, 15) is 9.18 Å². The summed E-state index contributed by atoms with van der Waals surface area (Å²) < 4.78 is 15.5. The Bertz CT molecular complexity index is 1000. The average molecular weight is 400 g/mol. The molecular weight excluding hydrogens is 379 g/mol. The van der Waals surface area contributed by atoms with E-state index in [4.69, 9.17) is 0 Å². The van der Waals surface area contributed by atoms with Crippen LogP contribution in [0.3, 0.4) is 0 Å². The van der Waals surface area contributed by atoms with Gasteiger partial charge in [0.25, 0.3) is 5.91 Å². The van der Waals surface area contributed by atoms with Crippen molar-refractivity contribution in [2.24, 2.45) is 0 Å². The Balaban J connectivity index is 1.52. The molecular formula is C19H21FN6OS. The number of carbonyl (C=O) groups excluding carboxylic acids is 1. The van der Waals surface area contributed by atoms with Gasteiger partial charge in [0, 0.05) is 19.6 Å². The molecule has 146 valence electrons. The Kier molecular flexibility index (Phi) is 5.43. The molecule has 0 aliphatic carbocycles. The number of hydrogen-bond donors (Lipinski definition) is 1. The van der Waals surface area contributed by atoms with Gasteiger partial charge in [-0.15, -0.1) is 0 Å². The van der Waals surface area contributed by atoms with Crippen molar-refractivity contribution in [3.63, 3.8) is 0 Å². The number of amides is 1. The lowest BCUT2D eigenvalue weighted by molar-refractivity contribution is 0.0948. The molecule has 0 spiro atoms. The summed E-state index contributed by atoms with van der Waals surface area (Å²) in [5.74, 6) is -0.0441. The molecule has 0 unspecified atom stereocenters. The van der Waals surface area contributed by atoms with Gasteiger partial charge in [-0.05, 0) is 31.2 Å². The maximum absolute atomic E-state index is 13.7. The fourth-order valence-electron chi connectivity index (χ4n) is 3.36. The minimum Gasteiger partial charge on any atom is -0.356 e. The van der Waals surface area contributed by atoms with Crippen LogP contribution in [0.25, 0.3) is 11.0 Å². The third-order valence-corrected chi connectivity index (χ3v) is 5.32. The van der Waals surface area contributed by atoms with Crippen LogP contribution < -0.4 is 10.2 Å². The first-order valence-electron chi connectivity index (χ1n) is 9.22. The highest BCUT2D eigenvalue weighted by atomic mass is 32.2. The van der Waals surface area contributed by atoms with Crippen LogP contribution >= 0.6 is 11.8 Å². The molecule has 9 heteroatoms. The van der Waals surface area contributed by atoms with Gasteiger partial charge in [-0.2, -0.15) is 5.10 Å². The normalized spacial score (nSPS) is 14.0. The third-order valence-electron chi connectivity index (χ3n) is 4.77. The fraction of sp³-hybridized carbons (Fsp3) is 0.368. The van der Waals surface area contributed by atoms with Gasteiger partial charge in [-0.25, -0.2) is 19.0 Å². The van der Waals surface area contributed by atoms with E-state index in [1.54, 1.807) is 23.0 Å². The monoisotopic (exact) mass is 400 g/mol. The molecule has 1 N–H and O–H groups in total. The molecule has 1 aromatic carbocycles. The number of nitrogens with zero attached hydrogens (tertiary/aromatic N) is 5. The Hall–Kier alpha value is -2.68. The van der Waals surface area contributed by atoms with Gasteiger partial charge >= 0.3 is 0 Å². The number of benzene rings is 1. The molecule has 4 rings (SSSR count). The average Bonchev–Trinajstić information content (AvgIpc) is 3.38. The molecule has 0 radical (unpaired) electrons. The summed E-state index contributed by atoms with van der Waals surface area (Å²) in [7, 11) is 0. The fourth-order valence-corrected chi connectivity index (χ4v) is 3.72. The summed E-state index contributed by atoms with van der Waals surface area (Å²) in [4.78, 5) is 23.7. The van der Waals surface area contributed by atoms with Gasteiger partial charge in [0.15, 0.2) is 10.8 Å². The van der Waals surface area contributed by atoms with Crippen LogP contribution in [-0.4, -0.2) is 51.5 Å². The van der Waals surface area contributed by atoms with Crippen molar-refractivity contribution in [3.8, 4) is 0 Å². The summed E-state index contributed by atoms with van der Waals surface area (Å²) in [6, 6.07) is 5.94. The molecule has 0 bridgehead atoms. The van der Waals surface area contributed by atoms with Gasteiger partial charge in [-0.3, -0.25) is 4.79 Å². The second kappa shape index (κ2) is 8.14. The molecule has 0 atom stereocenters. The standard InChI is InChI=1S/C19H21FN6OS/c1-28-19-23-16(25-9-4-5-10-25)14-12-22-26(17(14)24-19)11-8-21-18(27)13-6-2-3-7-15(13)20/h2-3,6-7,12H,4-5,8-11H2,1H3,(H,21,27). The van der Waals surface area contributed by atoms with Crippen LogP contribution in [0.2, 0.25) is 0 Å². The van der Waals surface area contributed by atoms with Crippen LogP contribution in [-0.2, 0) is 6.54 Å². The molecule has 28 heavy (non-hydrogen) atoms. The van der Waals surface area contributed by atoms with E-state index in [1.807, 2.05) is 6.26 Å². The Morgan fingerprint density at radius 3 is 2.79 bits per heavy atom. The predicted molar refractivity (Wildman–Crippen MR) is 107 cm³/mol. The van der Waals surface area contributed by atoms with Crippen LogP contribution in [0.5, 0.6) is 0 Å². The lowest BCUT2D eigenvalue weighted by Gasteiger charge is -2.17. The van der Waals surface area contributed by atoms with E-state index in [-0.39, 0.29) is 5.56 Å². The molecule has 1 amide bonds. The van der Waals surface area contributed by atoms with Crippen molar-refractivity contribution in [2.75, 3.05) is 30.8 Å². The summed E-state index contributed by atoms with van der Waals surface area (Å²) in [6.07, 6.45) is 6.06. The minimum absolute atomic E-state index is 0.0381. The van der Waals surface area contributed by atoms with E-state index in [0.717, 1.165) is 42.8 Å². The summed E-state index contributed by atoms with van der Waals surface area (Å²) in [5.41, 5.74) is 0.789. The molecule has 3 aromatic rings. The highest BCUT2D eigenvalue weighted by Crippen LogP contribution is 2.28. The molecule has 3 heterocycles. The van der Waals surface area contributed by atoms with Crippen LogP contribution in [0.4, 0.5) is 10.2 Å². The number of anilines is 1. The SMILES string of the molecule is CSc1nc(N2CCCC2)c2cnn(CCNC(=O)c3ccccc3F)c2n1. The lowest BCUT2D eigenvalue weighted by atomic mass is 10.2. The van der Waals surface area contributed by atoms with Crippen molar-refractivity contribution < 1.29 is 9.18 Å². The summed E-state index contributed by atoms with van der Waals surface area (Å²) in [6.45, 7) is 2.74. The molecule has 1 saturated heterocycles. The molecule has 1 fully saturated rings. The predicted octanol–water partition coefficient (Wildman–Crippen LogP) is 2.72. The molecule has 1 aliphatic rings. The second-order valence-corrected chi connectivity index (χ2v) is 7.34. The number of thioether (sulfide) groups is 1. The topological polar surface area (TPSA) is 75.9 Å². The van der Waals surface area contributed by atoms with Gasteiger partial charge in [-0.1, -0.05) is 23.9 Å². The number of rotatable bonds is 6. The van der Waals surface area contributed by atoms with Crippen LogP contribution in [0.1, 0.15) is 23.2 Å². The highest BCUT2D eigenvalue weighted by Gasteiger charge is 2.20. The summed E-state index contributed by atoms with van der Waals surface area (Å²) in [5, 5.41) is 8.80. The first-order valence-corrected chi connectivity index (χ1v) is 10.4. The van der Waals surface area contributed by atoms with E-state index in [0.29, 0.717) is 18.2 Å². The Labute approximate surface area is 166 Å². The van der Waals surface area contributed by atoms with Crippen molar-refractivity contribution in [1.29, 1.82) is 0 Å². The van der Waals surface area contributed by atoms with Gasteiger partial charge in [0.1, 0.15) is 11.6 Å². The number of fused-ring (bicyclic) bond motifs is 1. The van der Waals surface area contributed by atoms with Crippen molar-refractivity contribution >= 4 is 34.5 Å². The van der Waals surface area contributed by atoms with Crippen LogP contribution in [0, 0.1) is 5.82 Å². The number of hydrogen-bond acceptors (Lipinski definition) is 6. The second-order valence-electron chi connectivity index (χ2n) is 6.57. The zero-order valence-electron chi connectivity index (χ0n) is 15.6. The highest BCUT2D eigenvalue weighted by molar-refractivity contribution is 7.98. The first-order chi connectivity index (χ1) is 13.7. The van der Waals surface area contributed by atoms with Crippen molar-refractivity contribution in [1.82, 2.24) is 25.1 Å². The Morgan fingerprint density at radius 1 is 1.25 bits per heavy atom. The van der Waals surface area contributed by atoms with Gasteiger partial charge in [0.2, 0.25) is 0 Å². The first kappa shape index (κ1) is 18.7. The minimum atomic E-state index is -0.530. The third kappa shape index (κ3) is 3.66. The number of nitrogens with one attached hydrogen (secondary N) is 1. The molecule has 0 saturated carbocycles. The number of aromatic nitrogens is 4.